The molecule has 0 aromatic heterocycles. The van der Waals surface area contributed by atoms with Gasteiger partial charge in [0.05, 0.1) is 35.8 Å². The van der Waals surface area contributed by atoms with Crippen molar-refractivity contribution < 1.29 is 14.6 Å². The third-order valence-corrected chi connectivity index (χ3v) is 4.66. The van der Waals surface area contributed by atoms with Crippen LogP contribution in [0.1, 0.15) is 43.8 Å². The van der Waals surface area contributed by atoms with Crippen LogP contribution >= 0.6 is 11.6 Å². The zero-order valence-electron chi connectivity index (χ0n) is 11.8. The van der Waals surface area contributed by atoms with Crippen molar-refractivity contribution in [2.24, 2.45) is 5.41 Å². The van der Waals surface area contributed by atoms with Crippen LogP contribution in [0.5, 0.6) is 11.5 Å². The SMILES string of the molecule is N#CC1(C(O)c2cc(Cl)c3c(c2)OCCCO3)CCCC1. The molecule has 1 fully saturated rings. The molecule has 0 amide bonds. The average molecular weight is 308 g/mol. The maximum atomic E-state index is 10.7. The molecular weight excluding hydrogens is 290 g/mol. The van der Waals surface area contributed by atoms with Gasteiger partial charge in [-0.3, -0.25) is 0 Å². The molecule has 112 valence electrons. The number of hydrogen-bond donors (Lipinski definition) is 1. The number of aliphatic hydroxyl groups excluding tert-OH is 1. The summed E-state index contributed by atoms with van der Waals surface area (Å²) in [4.78, 5) is 0. The van der Waals surface area contributed by atoms with Crippen molar-refractivity contribution in [2.45, 2.75) is 38.2 Å². The maximum Gasteiger partial charge on any atom is 0.179 e. The first-order chi connectivity index (χ1) is 10.2. The van der Waals surface area contributed by atoms with Crippen molar-refractivity contribution in [3.8, 4) is 17.6 Å². The van der Waals surface area contributed by atoms with Crippen LogP contribution in [0.25, 0.3) is 0 Å². The number of aliphatic hydroxyl groups is 1. The summed E-state index contributed by atoms with van der Waals surface area (Å²) in [5.41, 5.74) is -0.0731. The molecule has 2 aliphatic rings. The van der Waals surface area contributed by atoms with Gasteiger partial charge in [0, 0.05) is 6.42 Å². The van der Waals surface area contributed by atoms with Crippen LogP contribution < -0.4 is 9.47 Å². The molecule has 1 aromatic rings. The van der Waals surface area contributed by atoms with Crippen molar-refractivity contribution in [3.05, 3.63) is 22.7 Å². The van der Waals surface area contributed by atoms with Crippen LogP contribution in [-0.2, 0) is 0 Å². The largest absolute Gasteiger partial charge is 0.489 e. The maximum absolute atomic E-state index is 10.7. The van der Waals surface area contributed by atoms with Crippen molar-refractivity contribution in [3.63, 3.8) is 0 Å². The molecule has 21 heavy (non-hydrogen) atoms. The lowest BCUT2D eigenvalue weighted by atomic mass is 9.78. The minimum Gasteiger partial charge on any atom is -0.489 e. The van der Waals surface area contributed by atoms with Gasteiger partial charge < -0.3 is 14.6 Å². The van der Waals surface area contributed by atoms with Gasteiger partial charge in [-0.15, -0.1) is 0 Å². The Morgan fingerprint density at radius 2 is 1.90 bits per heavy atom. The van der Waals surface area contributed by atoms with E-state index in [-0.39, 0.29) is 0 Å². The minimum atomic E-state index is -0.848. The molecule has 1 aliphatic carbocycles. The van der Waals surface area contributed by atoms with E-state index < -0.39 is 11.5 Å². The van der Waals surface area contributed by atoms with Crippen LogP contribution in [-0.4, -0.2) is 18.3 Å². The second kappa shape index (κ2) is 5.75. The summed E-state index contributed by atoms with van der Waals surface area (Å²) in [7, 11) is 0. The summed E-state index contributed by atoms with van der Waals surface area (Å²) in [6, 6.07) is 5.77. The fourth-order valence-corrected chi connectivity index (χ4v) is 3.45. The van der Waals surface area contributed by atoms with E-state index in [1.165, 1.54) is 0 Å². The fourth-order valence-electron chi connectivity index (χ4n) is 3.18. The van der Waals surface area contributed by atoms with E-state index in [0.29, 0.717) is 35.3 Å². The predicted molar refractivity (Wildman–Crippen MR) is 78.5 cm³/mol. The quantitative estimate of drug-likeness (QED) is 0.906. The van der Waals surface area contributed by atoms with Crippen LogP contribution in [0.2, 0.25) is 5.02 Å². The highest BCUT2D eigenvalue weighted by molar-refractivity contribution is 6.32. The third-order valence-electron chi connectivity index (χ3n) is 4.38. The minimum absolute atomic E-state index is 0.425. The topological polar surface area (TPSA) is 62.5 Å². The molecule has 0 saturated heterocycles. The highest BCUT2D eigenvalue weighted by Gasteiger charge is 2.42. The van der Waals surface area contributed by atoms with Gasteiger partial charge in [-0.1, -0.05) is 24.4 Å². The molecule has 5 heteroatoms. The molecule has 1 unspecified atom stereocenters. The lowest BCUT2D eigenvalue weighted by Crippen LogP contribution is -2.24. The van der Waals surface area contributed by atoms with Gasteiger partial charge in [0.15, 0.2) is 11.5 Å². The van der Waals surface area contributed by atoms with E-state index in [4.69, 9.17) is 21.1 Å². The number of nitrogens with zero attached hydrogens (tertiary/aromatic N) is 1. The van der Waals surface area contributed by atoms with E-state index >= 15 is 0 Å². The van der Waals surface area contributed by atoms with Crippen LogP contribution in [0.15, 0.2) is 12.1 Å². The molecule has 1 aliphatic heterocycles. The Kier molecular flexibility index (Phi) is 3.97. The van der Waals surface area contributed by atoms with E-state index in [1.807, 2.05) is 0 Å². The molecule has 1 aromatic carbocycles. The number of rotatable bonds is 2. The first-order valence-electron chi connectivity index (χ1n) is 7.35. The average Bonchev–Trinajstić information content (AvgIpc) is 2.86. The van der Waals surface area contributed by atoms with Gasteiger partial charge in [0.25, 0.3) is 0 Å². The summed E-state index contributed by atoms with van der Waals surface area (Å²) in [5, 5.41) is 20.6. The van der Waals surface area contributed by atoms with Gasteiger partial charge in [0.1, 0.15) is 0 Å². The van der Waals surface area contributed by atoms with E-state index in [0.717, 1.165) is 32.1 Å². The van der Waals surface area contributed by atoms with Crippen molar-refractivity contribution in [1.82, 2.24) is 0 Å². The van der Waals surface area contributed by atoms with Gasteiger partial charge in [-0.25, -0.2) is 0 Å². The van der Waals surface area contributed by atoms with E-state index in [2.05, 4.69) is 6.07 Å². The monoisotopic (exact) mass is 307 g/mol. The van der Waals surface area contributed by atoms with E-state index in [9.17, 15) is 10.4 Å². The molecule has 3 rings (SSSR count). The first-order valence-corrected chi connectivity index (χ1v) is 7.72. The lowest BCUT2D eigenvalue weighted by Gasteiger charge is -2.27. The summed E-state index contributed by atoms with van der Waals surface area (Å²) in [6.07, 6.45) is 3.34. The standard InChI is InChI=1S/C16H18ClNO3/c17-12-8-11(9-13-14(12)21-7-3-6-20-13)15(19)16(10-18)4-1-2-5-16/h8-9,15,19H,1-7H2. The Labute approximate surface area is 129 Å². The molecule has 1 N–H and O–H groups in total. The fraction of sp³-hybridized carbons (Fsp3) is 0.562. The summed E-state index contributed by atoms with van der Waals surface area (Å²) in [5.74, 6) is 1.09. The molecule has 0 bridgehead atoms. The van der Waals surface area contributed by atoms with Crippen molar-refractivity contribution in [1.29, 1.82) is 5.26 Å². The van der Waals surface area contributed by atoms with Gasteiger partial charge in [0.2, 0.25) is 0 Å². The first kappa shape index (κ1) is 14.5. The molecule has 0 spiro atoms. The second-order valence-electron chi connectivity index (χ2n) is 5.76. The van der Waals surface area contributed by atoms with Crippen LogP contribution in [0, 0.1) is 16.7 Å². The van der Waals surface area contributed by atoms with Gasteiger partial charge in [-0.05, 0) is 30.5 Å². The van der Waals surface area contributed by atoms with Crippen LogP contribution in [0.4, 0.5) is 0 Å². The van der Waals surface area contributed by atoms with Crippen LogP contribution in [0.3, 0.4) is 0 Å². The number of hydrogen-bond acceptors (Lipinski definition) is 4. The Hall–Kier alpha value is -1.44. The molecule has 4 nitrogen and oxygen atoms in total. The molecule has 1 saturated carbocycles. The number of fused-ring (bicyclic) bond motifs is 1. The molecule has 1 heterocycles. The Morgan fingerprint density at radius 1 is 1.19 bits per heavy atom. The zero-order valence-corrected chi connectivity index (χ0v) is 12.5. The van der Waals surface area contributed by atoms with Gasteiger partial charge in [-0.2, -0.15) is 5.26 Å². The molecular formula is C16H18ClNO3. The Bertz CT molecular complexity index is 576. The summed E-state index contributed by atoms with van der Waals surface area (Å²) in [6.45, 7) is 1.13. The number of nitriles is 1. The summed E-state index contributed by atoms with van der Waals surface area (Å²) >= 11 is 6.26. The predicted octanol–water partition coefficient (Wildman–Crippen LogP) is 3.62. The number of benzene rings is 1. The zero-order chi connectivity index (χ0) is 14.9. The lowest BCUT2D eigenvalue weighted by molar-refractivity contribution is 0.0668. The number of ether oxygens (including phenoxy) is 2. The highest BCUT2D eigenvalue weighted by Crippen LogP contribution is 2.49. The van der Waals surface area contributed by atoms with Crippen molar-refractivity contribution >= 4 is 11.6 Å². The Morgan fingerprint density at radius 3 is 2.62 bits per heavy atom. The summed E-state index contributed by atoms with van der Waals surface area (Å²) < 4.78 is 11.2. The highest BCUT2D eigenvalue weighted by atomic mass is 35.5. The van der Waals surface area contributed by atoms with E-state index in [1.54, 1.807) is 12.1 Å². The normalized spacial score (nSPS) is 21.4. The smallest absolute Gasteiger partial charge is 0.179 e. The molecule has 0 radical (unpaired) electrons. The second-order valence-corrected chi connectivity index (χ2v) is 6.17. The van der Waals surface area contributed by atoms with Gasteiger partial charge >= 0.3 is 0 Å². The molecule has 1 atom stereocenters. The Balaban J connectivity index is 1.97. The van der Waals surface area contributed by atoms with Crippen molar-refractivity contribution in [2.75, 3.05) is 13.2 Å². The third kappa shape index (κ3) is 2.56. The number of halogens is 1.